The number of hydrogen-bond donors (Lipinski definition) is 1. The van der Waals surface area contributed by atoms with Crippen molar-refractivity contribution in [2.24, 2.45) is 0 Å². The van der Waals surface area contributed by atoms with Gasteiger partial charge in [0.1, 0.15) is 5.82 Å². The molecule has 4 heterocycles. The lowest BCUT2D eigenvalue weighted by atomic mass is 9.87. The smallest absolute Gasteiger partial charge is 0.388 e. The number of pyridine rings is 2. The van der Waals surface area contributed by atoms with E-state index < -0.39 is 12.5 Å². The number of carbonyl (C=O) groups is 1. The molecule has 3 aromatic heterocycles. The van der Waals surface area contributed by atoms with E-state index in [1.807, 2.05) is 18.7 Å². The Morgan fingerprint density at radius 2 is 2.00 bits per heavy atom. The standard InChI is InChI=1S/C27H32F2N6O2/c1-5-13-35(25(36)17(2)20-7-8-22(32-15-20)37-26(28)29)16-27(4)10-9-19-14-21(18(3)33-23(19)34-27)24-30-11-6-12-31-24/h6-8,11-12,14-15,17,26H,5,9-10,13,16H2,1-4H3,(H,33,34)/t17-,27+/m0/s1. The lowest BCUT2D eigenvalue weighted by Gasteiger charge is -2.41. The van der Waals surface area contributed by atoms with Gasteiger partial charge in [-0.1, -0.05) is 13.0 Å². The summed E-state index contributed by atoms with van der Waals surface area (Å²) in [4.78, 5) is 32.8. The van der Waals surface area contributed by atoms with Crippen molar-refractivity contribution in [3.05, 3.63) is 59.7 Å². The maximum absolute atomic E-state index is 13.5. The van der Waals surface area contributed by atoms with Crippen LogP contribution in [0.2, 0.25) is 0 Å². The predicted octanol–water partition coefficient (Wildman–Crippen LogP) is 5.00. The third-order valence-corrected chi connectivity index (χ3v) is 6.65. The first-order valence-corrected chi connectivity index (χ1v) is 12.4. The van der Waals surface area contributed by atoms with Crippen LogP contribution in [0, 0.1) is 6.92 Å². The maximum atomic E-state index is 13.5. The number of aryl methyl sites for hydroxylation is 2. The molecule has 1 amide bonds. The van der Waals surface area contributed by atoms with Crippen molar-refractivity contribution in [1.29, 1.82) is 0 Å². The van der Waals surface area contributed by atoms with Gasteiger partial charge in [0.05, 0.1) is 17.2 Å². The minimum absolute atomic E-state index is 0.0410. The second kappa shape index (κ2) is 11.1. The van der Waals surface area contributed by atoms with Crippen LogP contribution in [0.15, 0.2) is 42.9 Å². The number of amides is 1. The van der Waals surface area contributed by atoms with Gasteiger partial charge in [0.25, 0.3) is 0 Å². The van der Waals surface area contributed by atoms with E-state index in [0.29, 0.717) is 24.5 Å². The molecule has 3 aromatic rings. The van der Waals surface area contributed by atoms with Crippen LogP contribution in [0.3, 0.4) is 0 Å². The number of carbonyl (C=O) groups excluding carboxylic acids is 1. The highest BCUT2D eigenvalue weighted by atomic mass is 19.3. The molecular weight excluding hydrogens is 478 g/mol. The van der Waals surface area contributed by atoms with Crippen LogP contribution in [-0.2, 0) is 11.2 Å². The van der Waals surface area contributed by atoms with Crippen molar-refractivity contribution >= 4 is 11.7 Å². The number of fused-ring (bicyclic) bond motifs is 1. The Balaban J connectivity index is 1.49. The fourth-order valence-corrected chi connectivity index (χ4v) is 4.67. The summed E-state index contributed by atoms with van der Waals surface area (Å²) in [6, 6.07) is 6.86. The van der Waals surface area contributed by atoms with E-state index >= 15 is 0 Å². The fraction of sp³-hybridized carbons (Fsp3) is 0.444. The van der Waals surface area contributed by atoms with Crippen molar-refractivity contribution < 1.29 is 18.3 Å². The third kappa shape index (κ3) is 6.18. The molecule has 37 heavy (non-hydrogen) atoms. The van der Waals surface area contributed by atoms with Gasteiger partial charge in [0, 0.05) is 43.3 Å². The van der Waals surface area contributed by atoms with Gasteiger partial charge in [-0.3, -0.25) is 4.79 Å². The van der Waals surface area contributed by atoms with Crippen LogP contribution in [-0.4, -0.2) is 56.0 Å². The van der Waals surface area contributed by atoms with E-state index in [1.165, 1.54) is 12.3 Å². The third-order valence-electron chi connectivity index (χ3n) is 6.65. The van der Waals surface area contributed by atoms with E-state index in [1.54, 1.807) is 31.5 Å². The van der Waals surface area contributed by atoms with Gasteiger partial charge in [-0.25, -0.2) is 19.9 Å². The molecule has 8 nitrogen and oxygen atoms in total. The van der Waals surface area contributed by atoms with Crippen molar-refractivity contribution in [2.75, 3.05) is 18.4 Å². The number of anilines is 1. The quantitative estimate of drug-likeness (QED) is 0.433. The molecule has 196 valence electrons. The number of rotatable bonds is 9. The zero-order chi connectivity index (χ0) is 26.6. The Morgan fingerprint density at radius 1 is 1.24 bits per heavy atom. The summed E-state index contributed by atoms with van der Waals surface area (Å²) in [5.74, 6) is 0.780. The summed E-state index contributed by atoms with van der Waals surface area (Å²) >= 11 is 0. The van der Waals surface area contributed by atoms with Crippen LogP contribution in [0.1, 0.15) is 56.4 Å². The molecular formula is C27H32F2N6O2. The first kappa shape index (κ1) is 26.4. The van der Waals surface area contributed by atoms with Gasteiger partial charge in [0.2, 0.25) is 11.8 Å². The Labute approximate surface area is 215 Å². The highest BCUT2D eigenvalue weighted by molar-refractivity contribution is 5.83. The molecule has 2 atom stereocenters. The second-order valence-electron chi connectivity index (χ2n) is 9.68. The molecule has 0 spiro atoms. The topological polar surface area (TPSA) is 93.1 Å². The average molecular weight is 511 g/mol. The summed E-state index contributed by atoms with van der Waals surface area (Å²) < 4.78 is 29.2. The van der Waals surface area contributed by atoms with Gasteiger partial charge in [0.15, 0.2) is 5.82 Å². The Kier molecular flexibility index (Phi) is 7.94. The first-order valence-electron chi connectivity index (χ1n) is 12.4. The monoisotopic (exact) mass is 510 g/mol. The van der Waals surface area contributed by atoms with Gasteiger partial charge < -0.3 is 15.0 Å². The molecule has 0 bridgehead atoms. The summed E-state index contributed by atoms with van der Waals surface area (Å²) in [5.41, 5.74) is 3.13. The molecule has 1 N–H and O–H groups in total. The Hall–Kier alpha value is -3.69. The minimum atomic E-state index is -2.94. The number of nitrogens with zero attached hydrogens (tertiary/aromatic N) is 5. The first-order chi connectivity index (χ1) is 17.7. The van der Waals surface area contributed by atoms with Crippen LogP contribution in [0.5, 0.6) is 5.88 Å². The van der Waals surface area contributed by atoms with Gasteiger partial charge in [-0.15, -0.1) is 0 Å². The van der Waals surface area contributed by atoms with Gasteiger partial charge in [-0.2, -0.15) is 8.78 Å². The molecule has 0 fully saturated rings. The van der Waals surface area contributed by atoms with Crippen molar-refractivity contribution in [1.82, 2.24) is 24.8 Å². The zero-order valence-electron chi connectivity index (χ0n) is 21.5. The number of halogens is 2. The van der Waals surface area contributed by atoms with Gasteiger partial charge >= 0.3 is 6.61 Å². The van der Waals surface area contributed by atoms with Crippen LogP contribution < -0.4 is 10.1 Å². The number of nitrogens with one attached hydrogen (secondary N) is 1. The average Bonchev–Trinajstić information content (AvgIpc) is 2.88. The van der Waals surface area contributed by atoms with E-state index in [4.69, 9.17) is 4.98 Å². The molecule has 10 heteroatoms. The van der Waals surface area contributed by atoms with E-state index in [9.17, 15) is 13.6 Å². The summed E-state index contributed by atoms with van der Waals surface area (Å²) in [6.45, 7) is 6.06. The molecule has 0 aromatic carbocycles. The lowest BCUT2D eigenvalue weighted by Crippen LogP contribution is -2.51. The predicted molar refractivity (Wildman–Crippen MR) is 137 cm³/mol. The highest BCUT2D eigenvalue weighted by Crippen LogP contribution is 2.34. The normalized spacial score (nSPS) is 17.6. The summed E-state index contributed by atoms with van der Waals surface area (Å²) in [6.07, 6.45) is 7.30. The van der Waals surface area contributed by atoms with E-state index in [0.717, 1.165) is 41.9 Å². The van der Waals surface area contributed by atoms with Crippen LogP contribution >= 0.6 is 0 Å². The number of alkyl halides is 2. The fourth-order valence-electron chi connectivity index (χ4n) is 4.67. The molecule has 0 radical (unpaired) electrons. The molecule has 0 saturated carbocycles. The molecule has 4 rings (SSSR count). The highest BCUT2D eigenvalue weighted by Gasteiger charge is 2.35. The summed E-state index contributed by atoms with van der Waals surface area (Å²) in [7, 11) is 0. The molecule has 1 aliphatic heterocycles. The number of hydrogen-bond acceptors (Lipinski definition) is 7. The van der Waals surface area contributed by atoms with E-state index in [2.05, 4.69) is 38.0 Å². The molecule has 0 saturated heterocycles. The van der Waals surface area contributed by atoms with Crippen LogP contribution in [0.4, 0.5) is 14.6 Å². The molecule has 0 aliphatic carbocycles. The SMILES string of the molecule is CCCN(C[C@@]1(C)CCc2cc(-c3ncccn3)c(C)nc2N1)C(=O)[C@@H](C)c1ccc(OC(F)F)nc1. The number of ether oxygens (including phenoxy) is 1. The van der Waals surface area contributed by atoms with Crippen molar-refractivity contribution in [2.45, 2.75) is 65.0 Å². The zero-order valence-corrected chi connectivity index (χ0v) is 21.5. The van der Waals surface area contributed by atoms with Gasteiger partial charge in [-0.05, 0) is 63.3 Å². The lowest BCUT2D eigenvalue weighted by molar-refractivity contribution is -0.133. The summed E-state index contributed by atoms with van der Waals surface area (Å²) in [5, 5.41) is 3.60. The maximum Gasteiger partial charge on any atom is 0.388 e. The van der Waals surface area contributed by atoms with E-state index in [-0.39, 0.29) is 17.3 Å². The van der Waals surface area contributed by atoms with Crippen molar-refractivity contribution in [3.63, 3.8) is 0 Å². The van der Waals surface area contributed by atoms with Crippen molar-refractivity contribution in [3.8, 4) is 17.3 Å². The van der Waals surface area contributed by atoms with Crippen LogP contribution in [0.25, 0.3) is 11.4 Å². The largest absolute Gasteiger partial charge is 0.417 e. The molecule has 0 unspecified atom stereocenters. The second-order valence-corrected chi connectivity index (χ2v) is 9.68. The Morgan fingerprint density at radius 3 is 2.65 bits per heavy atom. The molecule has 1 aliphatic rings. The minimum Gasteiger partial charge on any atom is -0.417 e. The Bertz CT molecular complexity index is 1230. The number of aromatic nitrogens is 4.